The van der Waals surface area contributed by atoms with E-state index in [1.54, 1.807) is 13.8 Å². The molecule has 0 spiro atoms. The maximum absolute atomic E-state index is 10.6. The van der Waals surface area contributed by atoms with Crippen molar-refractivity contribution in [3.63, 3.8) is 0 Å². The average molecular weight is 519 g/mol. The molecule has 0 bridgehead atoms. The van der Waals surface area contributed by atoms with Gasteiger partial charge < -0.3 is 43.0 Å². The second-order valence-corrected chi connectivity index (χ2v) is 9.60. The highest BCUT2D eigenvalue weighted by atomic mass is 16.8. The molecule has 5 unspecified atom stereocenters. The molecule has 0 radical (unpaired) electrons. The molecular formula is C27H50O9. The van der Waals surface area contributed by atoms with E-state index in [2.05, 4.69) is 26.7 Å². The minimum atomic E-state index is -1.22. The summed E-state index contributed by atoms with van der Waals surface area (Å²) in [7, 11) is 4.48. The lowest BCUT2D eigenvalue weighted by Crippen LogP contribution is -2.73. The number of aliphatic hydroxyl groups is 1. The summed E-state index contributed by atoms with van der Waals surface area (Å²) in [5.41, 5.74) is 0. The Morgan fingerprint density at radius 2 is 1.58 bits per heavy atom. The van der Waals surface area contributed by atoms with Crippen molar-refractivity contribution in [1.82, 2.24) is 0 Å². The maximum Gasteiger partial charge on any atom is 0.220 e. The Balaban J connectivity index is 0.000000697. The quantitative estimate of drug-likeness (QED) is 0.273. The van der Waals surface area contributed by atoms with Gasteiger partial charge in [0.25, 0.3) is 0 Å². The molecule has 0 aromatic carbocycles. The molecule has 7 atom stereocenters. The smallest absolute Gasteiger partial charge is 0.220 e. The van der Waals surface area contributed by atoms with Gasteiger partial charge in [-0.2, -0.15) is 0 Å². The summed E-state index contributed by atoms with van der Waals surface area (Å²) in [5.74, 6) is 0.215. The van der Waals surface area contributed by atoms with E-state index in [9.17, 15) is 5.11 Å². The van der Waals surface area contributed by atoms with Gasteiger partial charge in [0, 0.05) is 41.0 Å². The van der Waals surface area contributed by atoms with E-state index in [0.717, 1.165) is 32.3 Å². The fraction of sp³-hybridized carbons (Fsp3) is 0.926. The van der Waals surface area contributed by atoms with Crippen LogP contribution >= 0.6 is 0 Å². The predicted molar refractivity (Wildman–Crippen MR) is 136 cm³/mol. The fourth-order valence-corrected chi connectivity index (χ4v) is 3.97. The van der Waals surface area contributed by atoms with Crippen molar-refractivity contribution in [2.75, 3.05) is 41.2 Å². The molecule has 0 aromatic heterocycles. The van der Waals surface area contributed by atoms with E-state index < -0.39 is 42.3 Å². The number of hydrogen-bond acceptors (Lipinski definition) is 9. The number of fused-ring (bicyclic) bond motifs is 1. The summed E-state index contributed by atoms with van der Waals surface area (Å²) in [6.45, 7) is 11.5. The third-order valence-corrected chi connectivity index (χ3v) is 6.51. The van der Waals surface area contributed by atoms with Crippen LogP contribution < -0.4 is 0 Å². The molecular weight excluding hydrogens is 468 g/mol. The largest absolute Gasteiger partial charge is 0.385 e. The van der Waals surface area contributed by atoms with Crippen LogP contribution in [0.15, 0.2) is 0 Å². The van der Waals surface area contributed by atoms with Crippen molar-refractivity contribution < 1.29 is 43.0 Å². The Labute approximate surface area is 218 Å². The average Bonchev–Trinajstić information content (AvgIpc) is 2.86. The summed E-state index contributed by atoms with van der Waals surface area (Å²) < 4.78 is 45.6. The minimum Gasteiger partial charge on any atom is -0.385 e. The lowest BCUT2D eigenvalue weighted by Gasteiger charge is -2.56. The van der Waals surface area contributed by atoms with Gasteiger partial charge in [-0.25, -0.2) is 0 Å². The van der Waals surface area contributed by atoms with Crippen molar-refractivity contribution in [2.24, 2.45) is 0 Å². The number of hydrogen-bond donors (Lipinski definition) is 1. The molecule has 2 heterocycles. The summed E-state index contributed by atoms with van der Waals surface area (Å²) in [6, 6.07) is 0. The van der Waals surface area contributed by atoms with Crippen LogP contribution in [0.3, 0.4) is 0 Å². The molecule has 2 fully saturated rings. The zero-order valence-corrected chi connectivity index (χ0v) is 23.6. The Bertz CT molecular complexity index is 625. The summed E-state index contributed by atoms with van der Waals surface area (Å²) in [4.78, 5) is 0. The summed E-state index contributed by atoms with van der Waals surface area (Å²) >= 11 is 0. The first-order chi connectivity index (χ1) is 17.1. The Morgan fingerprint density at radius 1 is 0.944 bits per heavy atom. The fourth-order valence-electron chi connectivity index (χ4n) is 3.97. The van der Waals surface area contributed by atoms with E-state index in [0.29, 0.717) is 12.7 Å². The Kier molecular flexibility index (Phi) is 15.6. The highest BCUT2D eigenvalue weighted by molar-refractivity contribution is 5.00. The molecule has 0 saturated carbocycles. The molecule has 9 nitrogen and oxygen atoms in total. The number of methoxy groups -OCH3 is 3. The number of aliphatic hydroxyl groups excluding tert-OH is 1. The van der Waals surface area contributed by atoms with E-state index in [-0.39, 0.29) is 6.61 Å². The van der Waals surface area contributed by atoms with Crippen LogP contribution in [0.25, 0.3) is 0 Å². The highest BCUT2D eigenvalue weighted by Gasteiger charge is 2.62. The van der Waals surface area contributed by atoms with Crippen molar-refractivity contribution in [2.45, 2.75) is 122 Å². The van der Waals surface area contributed by atoms with Gasteiger partial charge in [0.05, 0.1) is 12.7 Å². The summed E-state index contributed by atoms with van der Waals surface area (Å²) in [6.07, 6.45) is 8.02. The molecule has 2 saturated heterocycles. The van der Waals surface area contributed by atoms with Crippen molar-refractivity contribution in [3.05, 3.63) is 0 Å². The standard InChI is InChI=1S/C20H34O8.C7H16O/c1-7-8-9-10-11-12-25-13-14-16-17(15(21)18(22-4)26-14)28-20(3,24-6)19(2,23-5)27-16;1-4-5-6-8-7(2)3/h1,14-18,21H,8-13H2,2-6H3;7H,4-6H2,1-3H3/t14?,15?,16-,17?,18+,19?,20?;/m1./s1. The van der Waals surface area contributed by atoms with Crippen LogP contribution in [0.1, 0.15) is 73.1 Å². The molecule has 2 rings (SSSR count). The van der Waals surface area contributed by atoms with E-state index in [1.807, 2.05) is 0 Å². The van der Waals surface area contributed by atoms with Crippen molar-refractivity contribution in [1.29, 1.82) is 0 Å². The second-order valence-electron chi connectivity index (χ2n) is 9.60. The predicted octanol–water partition coefficient (Wildman–Crippen LogP) is 3.65. The first kappa shape index (κ1) is 33.2. The van der Waals surface area contributed by atoms with Gasteiger partial charge in [-0.3, -0.25) is 0 Å². The third kappa shape index (κ3) is 9.50. The molecule has 9 heteroatoms. The normalized spacial score (nSPS) is 34.0. The van der Waals surface area contributed by atoms with Gasteiger partial charge >= 0.3 is 0 Å². The van der Waals surface area contributed by atoms with E-state index in [1.165, 1.54) is 34.2 Å². The Morgan fingerprint density at radius 3 is 2.11 bits per heavy atom. The van der Waals surface area contributed by atoms with Crippen LogP contribution in [0.4, 0.5) is 0 Å². The second kappa shape index (κ2) is 16.9. The topological polar surface area (TPSA) is 94.1 Å². The number of terminal acetylenes is 1. The first-order valence-corrected chi connectivity index (χ1v) is 13.1. The monoisotopic (exact) mass is 518 g/mol. The molecule has 0 aliphatic carbocycles. The van der Waals surface area contributed by atoms with Gasteiger partial charge in [-0.1, -0.05) is 19.8 Å². The van der Waals surface area contributed by atoms with Crippen LogP contribution in [-0.4, -0.2) is 94.6 Å². The SMILES string of the molecule is C#CCCCCCOCC1O[C@H](OC)C(O)C2OC(C)(OC)C(C)(OC)O[C@H]12.CCCCOC(C)C. The van der Waals surface area contributed by atoms with E-state index in [4.69, 9.17) is 44.3 Å². The van der Waals surface area contributed by atoms with E-state index >= 15 is 0 Å². The third-order valence-electron chi connectivity index (χ3n) is 6.51. The molecule has 2 aliphatic rings. The lowest BCUT2D eigenvalue weighted by molar-refractivity contribution is -0.479. The first-order valence-electron chi connectivity index (χ1n) is 13.1. The van der Waals surface area contributed by atoms with Crippen LogP contribution in [-0.2, 0) is 37.9 Å². The van der Waals surface area contributed by atoms with Gasteiger partial charge in [-0.15, -0.1) is 12.3 Å². The number of ether oxygens (including phenoxy) is 8. The number of rotatable bonds is 14. The summed E-state index contributed by atoms with van der Waals surface area (Å²) in [5, 5.41) is 10.6. The molecule has 0 aromatic rings. The molecule has 212 valence electrons. The number of unbranched alkanes of at least 4 members (excludes halogenated alkanes) is 4. The molecule has 36 heavy (non-hydrogen) atoms. The lowest BCUT2D eigenvalue weighted by atomic mass is 9.94. The maximum atomic E-state index is 10.6. The van der Waals surface area contributed by atoms with Crippen molar-refractivity contribution >= 4 is 0 Å². The van der Waals surface area contributed by atoms with Crippen LogP contribution in [0.5, 0.6) is 0 Å². The van der Waals surface area contributed by atoms with Crippen LogP contribution in [0, 0.1) is 12.3 Å². The highest BCUT2D eigenvalue weighted by Crippen LogP contribution is 2.43. The molecule has 1 N–H and O–H groups in total. The van der Waals surface area contributed by atoms with Gasteiger partial charge in [0.1, 0.15) is 24.4 Å². The minimum absolute atomic E-state index is 0.274. The van der Waals surface area contributed by atoms with Gasteiger partial charge in [-0.05, 0) is 47.0 Å². The van der Waals surface area contributed by atoms with Crippen molar-refractivity contribution in [3.8, 4) is 12.3 Å². The molecule has 0 amide bonds. The zero-order valence-electron chi connectivity index (χ0n) is 23.6. The Hall–Kier alpha value is -0.800. The van der Waals surface area contributed by atoms with Gasteiger partial charge in [0.15, 0.2) is 6.29 Å². The van der Waals surface area contributed by atoms with Crippen LogP contribution in [0.2, 0.25) is 0 Å². The molecule has 2 aliphatic heterocycles. The zero-order chi connectivity index (χ0) is 27.2. The van der Waals surface area contributed by atoms with Gasteiger partial charge in [0.2, 0.25) is 11.6 Å².